The van der Waals surface area contributed by atoms with Crippen LogP contribution in [-0.4, -0.2) is 15.7 Å². The number of aromatic nitrogens is 2. The highest BCUT2D eigenvalue weighted by Gasteiger charge is 2.17. The lowest BCUT2D eigenvalue weighted by Gasteiger charge is -2.22. The smallest absolute Gasteiger partial charge is 0.275 e. The van der Waals surface area contributed by atoms with Crippen molar-refractivity contribution >= 4 is 34.2 Å². The molecule has 0 spiro atoms. The van der Waals surface area contributed by atoms with Crippen LogP contribution in [0.3, 0.4) is 0 Å². The van der Waals surface area contributed by atoms with Crippen molar-refractivity contribution in [3.05, 3.63) is 45.3 Å². The van der Waals surface area contributed by atoms with E-state index in [2.05, 4.69) is 45.1 Å². The van der Waals surface area contributed by atoms with Gasteiger partial charge in [0.15, 0.2) is 0 Å². The zero-order chi connectivity index (χ0) is 15.5. The van der Waals surface area contributed by atoms with Crippen molar-refractivity contribution in [2.75, 3.05) is 5.32 Å². The molecule has 116 valence electrons. The molecule has 0 saturated heterocycles. The Morgan fingerprint density at radius 1 is 1.23 bits per heavy atom. The zero-order valence-corrected chi connectivity index (χ0v) is 14.8. The number of rotatable bonds is 3. The molecule has 0 unspecified atom stereocenters. The summed E-state index contributed by atoms with van der Waals surface area (Å²) < 4.78 is 2.46. The molecule has 1 N–H and O–H groups in total. The monoisotopic (exact) mass is 409 g/mol. The van der Waals surface area contributed by atoms with Gasteiger partial charge in [-0.3, -0.25) is 9.48 Å². The molecular weight excluding hydrogens is 389 g/mol. The molecule has 2 aromatic rings. The Balaban J connectivity index is 1.69. The van der Waals surface area contributed by atoms with Crippen LogP contribution in [0.4, 0.5) is 5.69 Å². The van der Waals surface area contributed by atoms with Gasteiger partial charge in [-0.05, 0) is 59.0 Å². The van der Waals surface area contributed by atoms with Gasteiger partial charge >= 0.3 is 0 Å². The number of halogens is 1. The summed E-state index contributed by atoms with van der Waals surface area (Å²) in [6.45, 7) is 0. The number of benzene rings is 1. The molecule has 0 radical (unpaired) electrons. The summed E-state index contributed by atoms with van der Waals surface area (Å²) in [5, 5.41) is 7.05. The van der Waals surface area contributed by atoms with Gasteiger partial charge in [-0.2, -0.15) is 5.10 Å². The van der Waals surface area contributed by atoms with Crippen LogP contribution < -0.4 is 5.32 Å². The largest absolute Gasteiger partial charge is 0.321 e. The van der Waals surface area contributed by atoms with Crippen LogP contribution >= 0.6 is 22.6 Å². The standard InChI is InChI=1S/C17H20IN3O/c1-21-16(15(18)11-19-21)17(22)20-14-9-7-13(8-10-14)12-5-3-2-4-6-12/h7-12H,2-6H2,1H3,(H,20,22). The molecule has 4 nitrogen and oxygen atoms in total. The van der Waals surface area contributed by atoms with E-state index in [1.165, 1.54) is 37.7 Å². The lowest BCUT2D eigenvalue weighted by Crippen LogP contribution is -2.17. The summed E-state index contributed by atoms with van der Waals surface area (Å²) in [5.41, 5.74) is 2.83. The summed E-state index contributed by atoms with van der Waals surface area (Å²) in [6, 6.07) is 8.32. The van der Waals surface area contributed by atoms with Gasteiger partial charge in [-0.15, -0.1) is 0 Å². The molecule has 0 atom stereocenters. The van der Waals surface area contributed by atoms with E-state index in [-0.39, 0.29) is 5.91 Å². The van der Waals surface area contributed by atoms with E-state index in [9.17, 15) is 4.79 Å². The Kier molecular flexibility index (Phi) is 4.81. The van der Waals surface area contributed by atoms with E-state index in [0.29, 0.717) is 11.6 Å². The third-order valence-electron chi connectivity index (χ3n) is 4.35. The van der Waals surface area contributed by atoms with E-state index in [1.807, 2.05) is 12.1 Å². The summed E-state index contributed by atoms with van der Waals surface area (Å²) in [7, 11) is 1.78. The van der Waals surface area contributed by atoms with Gasteiger partial charge in [0.05, 0.1) is 9.77 Å². The lowest BCUT2D eigenvalue weighted by molar-refractivity contribution is 0.101. The second-order valence-corrected chi connectivity index (χ2v) is 7.04. The lowest BCUT2D eigenvalue weighted by atomic mass is 9.84. The van der Waals surface area contributed by atoms with Gasteiger partial charge in [0.2, 0.25) is 0 Å². The molecule has 1 fully saturated rings. The van der Waals surface area contributed by atoms with Crippen LogP contribution in [0.2, 0.25) is 0 Å². The van der Waals surface area contributed by atoms with Crippen LogP contribution in [0, 0.1) is 3.57 Å². The maximum atomic E-state index is 12.3. The Labute approximate surface area is 144 Å². The van der Waals surface area contributed by atoms with Crippen molar-refractivity contribution in [2.45, 2.75) is 38.0 Å². The fourth-order valence-electron chi connectivity index (χ4n) is 3.13. The predicted molar refractivity (Wildman–Crippen MR) is 96.1 cm³/mol. The van der Waals surface area contributed by atoms with Crippen LogP contribution in [0.15, 0.2) is 30.5 Å². The van der Waals surface area contributed by atoms with Gasteiger partial charge in [0.1, 0.15) is 5.69 Å². The van der Waals surface area contributed by atoms with Crippen molar-refractivity contribution in [2.24, 2.45) is 7.05 Å². The first-order chi connectivity index (χ1) is 10.6. The molecule has 1 aliphatic carbocycles. The minimum absolute atomic E-state index is 0.116. The fourth-order valence-corrected chi connectivity index (χ4v) is 3.85. The highest BCUT2D eigenvalue weighted by Crippen LogP contribution is 2.33. The van der Waals surface area contributed by atoms with Crippen molar-refractivity contribution in [1.29, 1.82) is 0 Å². The third kappa shape index (κ3) is 3.34. The van der Waals surface area contributed by atoms with Crippen LogP contribution in [0.5, 0.6) is 0 Å². The number of carbonyl (C=O) groups excluding carboxylic acids is 1. The number of aryl methyl sites for hydroxylation is 1. The average molecular weight is 409 g/mol. The predicted octanol–water partition coefficient (Wildman–Crippen LogP) is 4.32. The molecule has 1 aromatic carbocycles. The van der Waals surface area contributed by atoms with Crippen LogP contribution in [-0.2, 0) is 7.05 Å². The summed E-state index contributed by atoms with van der Waals surface area (Å²) in [4.78, 5) is 12.3. The minimum Gasteiger partial charge on any atom is -0.321 e. The molecule has 0 bridgehead atoms. The molecule has 1 aromatic heterocycles. The molecule has 3 rings (SSSR count). The van der Waals surface area contributed by atoms with E-state index in [4.69, 9.17) is 0 Å². The second kappa shape index (κ2) is 6.81. The first-order valence-electron chi connectivity index (χ1n) is 7.74. The van der Waals surface area contributed by atoms with Crippen molar-refractivity contribution in [1.82, 2.24) is 9.78 Å². The number of nitrogens with zero attached hydrogens (tertiary/aromatic N) is 2. The highest BCUT2D eigenvalue weighted by molar-refractivity contribution is 14.1. The minimum atomic E-state index is -0.116. The molecular formula is C17H20IN3O. The quantitative estimate of drug-likeness (QED) is 0.768. The topological polar surface area (TPSA) is 46.9 Å². The molecule has 1 amide bonds. The number of anilines is 1. The number of carbonyl (C=O) groups is 1. The van der Waals surface area contributed by atoms with Gasteiger partial charge in [0.25, 0.3) is 5.91 Å². The van der Waals surface area contributed by atoms with Crippen molar-refractivity contribution in [3.8, 4) is 0 Å². The van der Waals surface area contributed by atoms with E-state index in [0.717, 1.165) is 9.26 Å². The Bertz CT molecular complexity index is 638. The summed E-state index contributed by atoms with van der Waals surface area (Å²) >= 11 is 2.13. The maximum Gasteiger partial charge on any atom is 0.275 e. The normalized spacial score (nSPS) is 15.7. The summed E-state index contributed by atoms with van der Waals surface area (Å²) in [5.74, 6) is 0.575. The van der Waals surface area contributed by atoms with Crippen LogP contribution in [0.1, 0.15) is 54.1 Å². The molecule has 0 aliphatic heterocycles. The van der Waals surface area contributed by atoms with E-state index in [1.54, 1.807) is 17.9 Å². The zero-order valence-electron chi connectivity index (χ0n) is 12.7. The maximum absolute atomic E-state index is 12.3. The van der Waals surface area contributed by atoms with Gasteiger partial charge in [0, 0.05) is 12.7 Å². The summed E-state index contributed by atoms with van der Waals surface area (Å²) in [6.07, 6.45) is 8.32. The third-order valence-corrected chi connectivity index (χ3v) is 5.14. The molecule has 22 heavy (non-hydrogen) atoms. The molecule has 1 heterocycles. The van der Waals surface area contributed by atoms with E-state index >= 15 is 0 Å². The van der Waals surface area contributed by atoms with Crippen molar-refractivity contribution < 1.29 is 4.79 Å². The number of nitrogens with one attached hydrogen (secondary N) is 1. The first-order valence-corrected chi connectivity index (χ1v) is 8.82. The van der Waals surface area contributed by atoms with Gasteiger partial charge in [-0.1, -0.05) is 31.4 Å². The second-order valence-electron chi connectivity index (χ2n) is 5.88. The number of amides is 1. The number of hydrogen-bond donors (Lipinski definition) is 1. The average Bonchev–Trinajstić information content (AvgIpc) is 2.88. The van der Waals surface area contributed by atoms with Gasteiger partial charge in [-0.25, -0.2) is 0 Å². The van der Waals surface area contributed by atoms with Crippen molar-refractivity contribution in [3.63, 3.8) is 0 Å². The molecule has 5 heteroatoms. The molecule has 1 aliphatic rings. The van der Waals surface area contributed by atoms with E-state index < -0.39 is 0 Å². The van der Waals surface area contributed by atoms with Gasteiger partial charge < -0.3 is 5.32 Å². The highest BCUT2D eigenvalue weighted by atomic mass is 127. The van der Waals surface area contributed by atoms with Crippen LogP contribution in [0.25, 0.3) is 0 Å². The Morgan fingerprint density at radius 2 is 1.91 bits per heavy atom. The Morgan fingerprint density at radius 3 is 2.50 bits per heavy atom. The Hall–Kier alpha value is -1.37. The molecule has 1 saturated carbocycles. The SMILES string of the molecule is Cn1ncc(I)c1C(=O)Nc1ccc(C2CCCCC2)cc1. The number of hydrogen-bond acceptors (Lipinski definition) is 2. The fraction of sp³-hybridized carbons (Fsp3) is 0.412. The first kappa shape index (κ1) is 15.5.